The van der Waals surface area contributed by atoms with E-state index in [9.17, 15) is 4.79 Å². The molecule has 0 spiro atoms. The molecule has 1 aromatic heterocycles. The number of carbonyl (C=O) groups is 1. The van der Waals surface area contributed by atoms with Crippen LogP contribution in [0.5, 0.6) is 0 Å². The van der Waals surface area contributed by atoms with Crippen molar-refractivity contribution in [2.75, 3.05) is 5.32 Å². The van der Waals surface area contributed by atoms with Crippen LogP contribution in [-0.4, -0.2) is 21.7 Å². The summed E-state index contributed by atoms with van der Waals surface area (Å²) >= 11 is 0. The van der Waals surface area contributed by atoms with Crippen molar-refractivity contribution in [3.63, 3.8) is 0 Å². The Hall–Kier alpha value is -3.73. The molecule has 0 bridgehead atoms. The van der Waals surface area contributed by atoms with E-state index in [1.807, 2.05) is 47.0 Å². The molecule has 1 amide bonds. The van der Waals surface area contributed by atoms with Crippen LogP contribution in [0.4, 0.5) is 5.69 Å². The lowest BCUT2D eigenvalue weighted by Gasteiger charge is -2.09. The third kappa shape index (κ3) is 2.98. The molecule has 0 radical (unpaired) electrons. The standard InChI is InChI=1S/C21H16N4O/c22-13-15-8-10-17(11-9-15)24-21(26)16-4-3-5-18(12-16)25-14-23-19-6-1-2-7-20(19)25/h1-14,22H,(H,24,26). The first-order valence-electron chi connectivity index (χ1n) is 8.19. The number of anilines is 1. The molecule has 0 saturated carbocycles. The van der Waals surface area contributed by atoms with Crippen molar-refractivity contribution in [1.82, 2.24) is 9.55 Å². The SMILES string of the molecule is N=Cc1ccc(NC(=O)c2cccc(-n3cnc4ccccc43)c2)cc1. The number of imidazole rings is 1. The molecule has 0 saturated heterocycles. The molecule has 0 atom stereocenters. The number of nitrogens with one attached hydrogen (secondary N) is 2. The minimum absolute atomic E-state index is 0.182. The van der Waals surface area contributed by atoms with Crippen LogP contribution >= 0.6 is 0 Å². The van der Waals surface area contributed by atoms with Crippen molar-refractivity contribution in [2.45, 2.75) is 0 Å². The molecule has 0 fully saturated rings. The summed E-state index contributed by atoms with van der Waals surface area (Å²) in [7, 11) is 0. The third-order valence-electron chi connectivity index (χ3n) is 4.18. The zero-order valence-electron chi connectivity index (χ0n) is 13.9. The molecule has 4 rings (SSSR count). The predicted octanol–water partition coefficient (Wildman–Crippen LogP) is 4.28. The summed E-state index contributed by atoms with van der Waals surface area (Å²) in [5.41, 5.74) is 4.83. The van der Waals surface area contributed by atoms with E-state index in [-0.39, 0.29) is 5.91 Å². The Balaban J connectivity index is 1.62. The molecule has 0 aliphatic heterocycles. The number of benzene rings is 3. The van der Waals surface area contributed by atoms with Gasteiger partial charge in [0.15, 0.2) is 0 Å². The maximum Gasteiger partial charge on any atom is 0.255 e. The third-order valence-corrected chi connectivity index (χ3v) is 4.18. The predicted molar refractivity (Wildman–Crippen MR) is 103 cm³/mol. The molecule has 5 nitrogen and oxygen atoms in total. The van der Waals surface area contributed by atoms with Gasteiger partial charge in [-0.1, -0.05) is 30.3 Å². The normalized spacial score (nSPS) is 10.6. The number of aromatic nitrogens is 2. The van der Waals surface area contributed by atoms with Gasteiger partial charge in [0.2, 0.25) is 0 Å². The molecule has 1 heterocycles. The Morgan fingerprint density at radius 2 is 1.81 bits per heavy atom. The lowest BCUT2D eigenvalue weighted by atomic mass is 10.1. The highest BCUT2D eigenvalue weighted by Gasteiger charge is 2.09. The average Bonchev–Trinajstić information content (AvgIpc) is 3.13. The van der Waals surface area contributed by atoms with Crippen LogP contribution in [0.15, 0.2) is 79.1 Å². The summed E-state index contributed by atoms with van der Waals surface area (Å²) in [6.07, 6.45) is 3.03. The van der Waals surface area contributed by atoms with Gasteiger partial charge in [0.25, 0.3) is 5.91 Å². The van der Waals surface area contributed by atoms with Gasteiger partial charge in [-0.05, 0) is 48.0 Å². The van der Waals surface area contributed by atoms with Crippen molar-refractivity contribution in [3.05, 3.63) is 90.3 Å². The maximum atomic E-state index is 12.6. The van der Waals surface area contributed by atoms with Gasteiger partial charge < -0.3 is 10.7 Å². The summed E-state index contributed by atoms with van der Waals surface area (Å²) in [4.78, 5) is 17.0. The largest absolute Gasteiger partial charge is 0.322 e. The van der Waals surface area contributed by atoms with E-state index < -0.39 is 0 Å². The molecular formula is C21H16N4O. The fourth-order valence-electron chi connectivity index (χ4n) is 2.83. The number of rotatable bonds is 4. The molecule has 0 unspecified atom stereocenters. The fraction of sp³-hybridized carbons (Fsp3) is 0. The summed E-state index contributed by atoms with van der Waals surface area (Å²) in [6.45, 7) is 0. The second-order valence-corrected chi connectivity index (χ2v) is 5.87. The molecule has 0 aliphatic rings. The van der Waals surface area contributed by atoms with E-state index >= 15 is 0 Å². The van der Waals surface area contributed by atoms with Gasteiger partial charge in [0.1, 0.15) is 6.33 Å². The van der Waals surface area contributed by atoms with Crippen LogP contribution in [0.1, 0.15) is 15.9 Å². The first-order valence-corrected chi connectivity index (χ1v) is 8.19. The van der Waals surface area contributed by atoms with Gasteiger partial charge >= 0.3 is 0 Å². The molecule has 3 aromatic carbocycles. The van der Waals surface area contributed by atoms with Crippen molar-refractivity contribution in [3.8, 4) is 5.69 Å². The fourth-order valence-corrected chi connectivity index (χ4v) is 2.83. The van der Waals surface area contributed by atoms with E-state index in [4.69, 9.17) is 5.41 Å². The Morgan fingerprint density at radius 3 is 2.62 bits per heavy atom. The summed E-state index contributed by atoms with van der Waals surface area (Å²) in [5, 5.41) is 10.1. The summed E-state index contributed by atoms with van der Waals surface area (Å²) in [6, 6.07) is 22.5. The molecular weight excluding hydrogens is 324 g/mol. The Labute approximate surface area is 150 Å². The van der Waals surface area contributed by atoms with E-state index in [2.05, 4.69) is 10.3 Å². The summed E-state index contributed by atoms with van der Waals surface area (Å²) < 4.78 is 1.96. The quantitative estimate of drug-likeness (QED) is 0.545. The highest BCUT2D eigenvalue weighted by atomic mass is 16.1. The Kier molecular flexibility index (Phi) is 4.03. The van der Waals surface area contributed by atoms with E-state index in [1.165, 1.54) is 6.21 Å². The number of carbonyl (C=O) groups excluding carboxylic acids is 1. The number of fused-ring (bicyclic) bond motifs is 1. The van der Waals surface area contributed by atoms with Gasteiger partial charge in [-0.25, -0.2) is 4.98 Å². The number of amides is 1. The maximum absolute atomic E-state index is 12.6. The number of hydrogen-bond donors (Lipinski definition) is 2. The second-order valence-electron chi connectivity index (χ2n) is 5.87. The molecule has 0 aliphatic carbocycles. The van der Waals surface area contributed by atoms with E-state index in [1.54, 1.807) is 36.7 Å². The van der Waals surface area contributed by atoms with Crippen LogP contribution < -0.4 is 5.32 Å². The minimum Gasteiger partial charge on any atom is -0.322 e. The molecule has 4 aromatic rings. The van der Waals surface area contributed by atoms with Gasteiger partial charge in [-0.3, -0.25) is 9.36 Å². The highest BCUT2D eigenvalue weighted by Crippen LogP contribution is 2.19. The van der Waals surface area contributed by atoms with Crippen molar-refractivity contribution < 1.29 is 4.79 Å². The van der Waals surface area contributed by atoms with Gasteiger partial charge in [-0.2, -0.15) is 0 Å². The van der Waals surface area contributed by atoms with Gasteiger partial charge in [0, 0.05) is 23.2 Å². The number of para-hydroxylation sites is 2. The summed E-state index contributed by atoms with van der Waals surface area (Å²) in [5.74, 6) is -0.182. The molecule has 126 valence electrons. The van der Waals surface area contributed by atoms with E-state index in [0.29, 0.717) is 11.3 Å². The number of nitrogens with zero attached hydrogens (tertiary/aromatic N) is 2. The van der Waals surface area contributed by atoms with Gasteiger partial charge in [-0.15, -0.1) is 0 Å². The molecule has 2 N–H and O–H groups in total. The lowest BCUT2D eigenvalue weighted by molar-refractivity contribution is 0.102. The highest BCUT2D eigenvalue weighted by molar-refractivity contribution is 6.04. The monoisotopic (exact) mass is 340 g/mol. The zero-order valence-corrected chi connectivity index (χ0v) is 13.9. The first kappa shape index (κ1) is 15.8. The zero-order chi connectivity index (χ0) is 17.9. The van der Waals surface area contributed by atoms with Crippen molar-refractivity contribution in [2.24, 2.45) is 0 Å². The topological polar surface area (TPSA) is 70.8 Å². The smallest absolute Gasteiger partial charge is 0.255 e. The molecule has 26 heavy (non-hydrogen) atoms. The van der Waals surface area contributed by atoms with Crippen LogP contribution in [-0.2, 0) is 0 Å². The van der Waals surface area contributed by atoms with Crippen LogP contribution in [0, 0.1) is 5.41 Å². The minimum atomic E-state index is -0.182. The van der Waals surface area contributed by atoms with Crippen molar-refractivity contribution >= 4 is 28.8 Å². The second kappa shape index (κ2) is 6.64. The first-order chi connectivity index (χ1) is 12.7. The van der Waals surface area contributed by atoms with E-state index in [0.717, 1.165) is 22.3 Å². The Bertz CT molecular complexity index is 1100. The van der Waals surface area contributed by atoms with Crippen LogP contribution in [0.2, 0.25) is 0 Å². The van der Waals surface area contributed by atoms with Gasteiger partial charge in [0.05, 0.1) is 11.0 Å². The molecule has 5 heteroatoms. The van der Waals surface area contributed by atoms with Crippen molar-refractivity contribution in [1.29, 1.82) is 5.41 Å². The lowest BCUT2D eigenvalue weighted by Crippen LogP contribution is -2.12. The van der Waals surface area contributed by atoms with Crippen LogP contribution in [0.25, 0.3) is 16.7 Å². The van der Waals surface area contributed by atoms with Crippen LogP contribution in [0.3, 0.4) is 0 Å². The number of hydrogen-bond acceptors (Lipinski definition) is 3. The Morgan fingerprint density at radius 1 is 1.00 bits per heavy atom. The average molecular weight is 340 g/mol.